The highest BCUT2D eigenvalue weighted by Crippen LogP contribution is 2.35. The molecule has 0 radical (unpaired) electrons. The van der Waals surface area contributed by atoms with Crippen LogP contribution in [0.25, 0.3) is 0 Å². The fourth-order valence-electron chi connectivity index (χ4n) is 3.94. The van der Waals surface area contributed by atoms with Gasteiger partial charge in [-0.1, -0.05) is 26.7 Å². The summed E-state index contributed by atoms with van der Waals surface area (Å²) in [4.78, 5) is 0. The third kappa shape index (κ3) is 15.8. The molecule has 212 valence electrons. The molecular weight excluding hydrogens is 521 g/mol. The average Bonchev–Trinajstić information content (AvgIpc) is 2.82. The Kier molecular flexibility index (Phi) is 23.4. The van der Waals surface area contributed by atoms with Crippen LogP contribution in [0.2, 0.25) is 12.1 Å². The van der Waals surface area contributed by atoms with E-state index in [0.29, 0.717) is 50.1 Å². The summed E-state index contributed by atoms with van der Waals surface area (Å²) in [5.74, 6) is 0. The normalized spacial score (nSPS) is 14.4. The Balaban J connectivity index is 4.97. The molecule has 0 aromatic carbocycles. The topological polar surface area (TPSA) is 64.6 Å². The molecule has 0 saturated heterocycles. The van der Waals surface area contributed by atoms with Gasteiger partial charge >= 0.3 is 17.6 Å². The lowest BCUT2D eigenvalue weighted by molar-refractivity contribution is 0.0699. The van der Waals surface area contributed by atoms with Crippen molar-refractivity contribution >= 4 is 41.7 Å². The van der Waals surface area contributed by atoms with E-state index in [2.05, 4.69) is 13.8 Å². The highest BCUT2D eigenvalue weighted by molar-refractivity contribution is 8.08. The molecule has 0 aliphatic carbocycles. The third-order valence-electron chi connectivity index (χ3n) is 5.30. The van der Waals surface area contributed by atoms with Gasteiger partial charge < -0.3 is 26.6 Å². The maximum Gasteiger partial charge on any atom is 0.500 e. The third-order valence-corrected chi connectivity index (χ3v) is 13.6. The number of rotatable bonds is 26. The summed E-state index contributed by atoms with van der Waals surface area (Å²) < 4.78 is 42.4. The van der Waals surface area contributed by atoms with Crippen molar-refractivity contribution in [3.8, 4) is 0 Å². The van der Waals surface area contributed by atoms with Crippen LogP contribution in [0.4, 0.5) is 0 Å². The Morgan fingerprint density at radius 3 is 0.971 bits per heavy atom. The Bertz CT molecular complexity index is 407. The van der Waals surface area contributed by atoms with E-state index in [-0.39, 0.29) is 0 Å². The van der Waals surface area contributed by atoms with Crippen molar-refractivity contribution in [2.75, 3.05) is 39.6 Å². The van der Waals surface area contributed by atoms with Gasteiger partial charge in [-0.05, 0) is 67.2 Å². The van der Waals surface area contributed by atoms with E-state index in [1.54, 1.807) is 24.1 Å². The molecular formula is C24H54O7S2Si2. The number of hydrogen-bond donors (Lipinski definition) is 0. The molecule has 11 heteroatoms. The van der Waals surface area contributed by atoms with E-state index in [1.165, 1.54) is 0 Å². The number of hydrogen-bond acceptors (Lipinski definition) is 9. The lowest BCUT2D eigenvalue weighted by Crippen LogP contribution is -2.46. The van der Waals surface area contributed by atoms with Crippen molar-refractivity contribution in [2.45, 2.75) is 117 Å². The molecule has 0 spiro atoms. The Morgan fingerprint density at radius 2 is 0.743 bits per heavy atom. The summed E-state index contributed by atoms with van der Waals surface area (Å²) in [7, 11) is -5.26. The van der Waals surface area contributed by atoms with Gasteiger partial charge in [-0.2, -0.15) is 0 Å². The second kappa shape index (κ2) is 22.8. The fourth-order valence-corrected chi connectivity index (χ4v) is 11.9. The van der Waals surface area contributed by atoms with E-state index in [0.717, 1.165) is 50.6 Å². The molecule has 35 heavy (non-hydrogen) atoms. The molecule has 0 rings (SSSR count). The lowest BCUT2D eigenvalue weighted by Gasteiger charge is -2.30. The van der Waals surface area contributed by atoms with Crippen molar-refractivity contribution in [1.29, 1.82) is 0 Å². The fraction of sp³-hybridized carbons (Fsp3) is 1.00. The molecule has 2 unspecified atom stereocenters. The summed E-state index contributed by atoms with van der Waals surface area (Å²) in [6, 6.07) is 1.63. The van der Waals surface area contributed by atoms with Gasteiger partial charge in [-0.15, -0.1) is 0 Å². The summed E-state index contributed by atoms with van der Waals surface area (Å²) in [6.07, 6.45) is 6.32. The van der Waals surface area contributed by atoms with Crippen LogP contribution in [0.15, 0.2) is 0 Å². The maximum atomic E-state index is 6.17. The zero-order valence-corrected chi connectivity index (χ0v) is 27.4. The van der Waals surface area contributed by atoms with E-state index < -0.39 is 17.6 Å². The van der Waals surface area contributed by atoms with Gasteiger partial charge in [0.05, 0.1) is 0 Å². The largest absolute Gasteiger partial charge is 0.500 e. The van der Waals surface area contributed by atoms with Gasteiger partial charge in [0.15, 0.2) is 0 Å². The second-order valence-electron chi connectivity index (χ2n) is 8.12. The monoisotopic (exact) mass is 574 g/mol. The van der Waals surface area contributed by atoms with Crippen LogP contribution in [0.1, 0.15) is 93.9 Å². The first-order valence-electron chi connectivity index (χ1n) is 13.8. The highest BCUT2D eigenvalue weighted by Gasteiger charge is 2.41. The molecule has 7 nitrogen and oxygen atoms in total. The summed E-state index contributed by atoms with van der Waals surface area (Å²) in [5, 5.41) is 0.763. The highest BCUT2D eigenvalue weighted by atomic mass is 32.2. The van der Waals surface area contributed by atoms with Gasteiger partial charge in [-0.25, -0.2) is 3.63 Å². The summed E-state index contributed by atoms with van der Waals surface area (Å²) in [5.41, 5.74) is 0. The SMILES string of the molecule is CCCC(CC[Si](OCC)(OCC)OCC)SOSC(CCC)CC[Si](OCC)(OCC)OCC. The summed E-state index contributed by atoms with van der Waals surface area (Å²) >= 11 is 3.19. The van der Waals surface area contributed by atoms with Gasteiger partial charge in [0.1, 0.15) is 0 Å². The molecule has 0 aromatic heterocycles. The first-order chi connectivity index (χ1) is 16.9. The maximum absolute atomic E-state index is 6.17. The van der Waals surface area contributed by atoms with E-state index in [1.807, 2.05) is 41.5 Å². The minimum absolute atomic E-state index is 0.381. The zero-order valence-electron chi connectivity index (χ0n) is 23.7. The molecule has 0 aromatic rings. The molecule has 0 aliphatic rings. The van der Waals surface area contributed by atoms with Crippen LogP contribution in [0, 0.1) is 0 Å². The molecule has 0 aliphatic heterocycles. The van der Waals surface area contributed by atoms with Crippen molar-refractivity contribution in [1.82, 2.24) is 0 Å². The molecule has 0 saturated carbocycles. The van der Waals surface area contributed by atoms with Gasteiger partial charge in [-0.3, -0.25) is 0 Å². The van der Waals surface area contributed by atoms with Crippen molar-refractivity contribution in [2.24, 2.45) is 0 Å². The zero-order chi connectivity index (χ0) is 26.4. The first-order valence-corrected chi connectivity index (χ1v) is 19.2. The van der Waals surface area contributed by atoms with Crippen molar-refractivity contribution in [3.05, 3.63) is 0 Å². The van der Waals surface area contributed by atoms with Crippen LogP contribution in [0.3, 0.4) is 0 Å². The van der Waals surface area contributed by atoms with Crippen molar-refractivity contribution < 1.29 is 30.2 Å². The summed E-state index contributed by atoms with van der Waals surface area (Å²) in [6.45, 7) is 20.1. The second-order valence-corrected chi connectivity index (χ2v) is 15.8. The minimum Gasteiger partial charge on any atom is -0.374 e. The molecule has 0 fully saturated rings. The molecule has 0 N–H and O–H groups in total. The molecule has 0 bridgehead atoms. The predicted molar refractivity (Wildman–Crippen MR) is 154 cm³/mol. The predicted octanol–water partition coefficient (Wildman–Crippen LogP) is 7.51. The van der Waals surface area contributed by atoms with E-state index >= 15 is 0 Å². The standard InChI is InChI=1S/C24H54O7S2Si2/c1-9-17-23(19-21-34(25-11-3,26-12-4)27-13-5)32-31-33-24(18-10-2)20-22-35(28-14-6,29-15-7)30-16-8/h23-24H,9-22H2,1-8H3. The van der Waals surface area contributed by atoms with Crippen LogP contribution >= 0.6 is 24.1 Å². The minimum atomic E-state index is -2.63. The Hall–Kier alpha value is 0.854. The van der Waals surface area contributed by atoms with Gasteiger partial charge in [0.25, 0.3) is 0 Å². The average molecular weight is 575 g/mol. The van der Waals surface area contributed by atoms with Crippen LogP contribution < -0.4 is 0 Å². The molecule has 0 amide bonds. The first kappa shape index (κ1) is 35.9. The van der Waals surface area contributed by atoms with Crippen LogP contribution in [-0.4, -0.2) is 67.8 Å². The van der Waals surface area contributed by atoms with Crippen LogP contribution in [0.5, 0.6) is 0 Å². The Labute approximate surface area is 227 Å². The van der Waals surface area contributed by atoms with E-state index in [4.69, 9.17) is 30.2 Å². The van der Waals surface area contributed by atoms with Crippen LogP contribution in [-0.2, 0) is 30.2 Å². The van der Waals surface area contributed by atoms with Gasteiger partial charge in [0.2, 0.25) is 0 Å². The molecule has 0 heterocycles. The quantitative estimate of drug-likeness (QED) is 0.0771. The van der Waals surface area contributed by atoms with E-state index in [9.17, 15) is 0 Å². The lowest BCUT2D eigenvalue weighted by atomic mass is 10.2. The van der Waals surface area contributed by atoms with Crippen molar-refractivity contribution in [3.63, 3.8) is 0 Å². The molecule has 2 atom stereocenters. The smallest absolute Gasteiger partial charge is 0.374 e. The Morgan fingerprint density at radius 1 is 0.457 bits per heavy atom. The van der Waals surface area contributed by atoms with Gasteiger partial charge in [0, 0.05) is 86.3 Å².